The van der Waals surface area contributed by atoms with Gasteiger partial charge in [-0.3, -0.25) is 4.68 Å². The summed E-state index contributed by atoms with van der Waals surface area (Å²) in [6, 6.07) is 5.01. The minimum atomic E-state index is -0.382. The molecule has 2 rings (SSSR count). The first kappa shape index (κ1) is 14.0. The molecule has 0 fully saturated rings. The zero-order chi connectivity index (χ0) is 13.8. The zero-order valence-electron chi connectivity index (χ0n) is 11.0. The van der Waals surface area contributed by atoms with Crippen LogP contribution in [0.15, 0.2) is 30.6 Å². The van der Waals surface area contributed by atoms with Crippen LogP contribution in [-0.4, -0.2) is 16.8 Å². The summed E-state index contributed by atoms with van der Waals surface area (Å²) < 4.78 is 14.9. The van der Waals surface area contributed by atoms with Crippen LogP contribution in [0.4, 0.5) is 4.39 Å². The van der Waals surface area contributed by atoms with Gasteiger partial charge in [0, 0.05) is 19.3 Å². The lowest BCUT2D eigenvalue weighted by Gasteiger charge is -2.16. The van der Waals surface area contributed by atoms with E-state index in [-0.39, 0.29) is 16.9 Å². The Labute approximate surface area is 117 Å². The summed E-state index contributed by atoms with van der Waals surface area (Å²) >= 11 is 5.82. The van der Waals surface area contributed by atoms with Crippen molar-refractivity contribution in [3.63, 3.8) is 0 Å². The Morgan fingerprint density at radius 1 is 1.47 bits per heavy atom. The molecule has 102 valence electrons. The fraction of sp³-hybridized carbons (Fsp3) is 0.357. The fourth-order valence-corrected chi connectivity index (χ4v) is 2.31. The van der Waals surface area contributed by atoms with Gasteiger partial charge < -0.3 is 5.32 Å². The molecule has 1 heterocycles. The SMILES string of the molecule is CNC(CCc1cnn(C)c1)c1ccc(F)c(Cl)c1. The third-order valence-electron chi connectivity index (χ3n) is 3.17. The fourth-order valence-electron chi connectivity index (χ4n) is 2.12. The van der Waals surface area contributed by atoms with E-state index in [0.29, 0.717) is 0 Å². The van der Waals surface area contributed by atoms with Gasteiger partial charge in [-0.2, -0.15) is 5.10 Å². The molecule has 3 nitrogen and oxygen atoms in total. The molecule has 2 aromatic rings. The molecule has 1 aromatic carbocycles. The number of hydrogen-bond acceptors (Lipinski definition) is 2. The summed E-state index contributed by atoms with van der Waals surface area (Å²) in [6.07, 6.45) is 5.69. The topological polar surface area (TPSA) is 29.9 Å². The number of nitrogens with one attached hydrogen (secondary N) is 1. The molecule has 0 spiro atoms. The first-order valence-electron chi connectivity index (χ1n) is 6.20. The third-order valence-corrected chi connectivity index (χ3v) is 3.46. The van der Waals surface area contributed by atoms with Crippen molar-refractivity contribution in [2.75, 3.05) is 7.05 Å². The number of aryl methyl sites for hydroxylation is 2. The highest BCUT2D eigenvalue weighted by atomic mass is 35.5. The van der Waals surface area contributed by atoms with E-state index in [1.807, 2.05) is 26.5 Å². The van der Waals surface area contributed by atoms with Crippen LogP contribution in [0.3, 0.4) is 0 Å². The maximum Gasteiger partial charge on any atom is 0.141 e. The van der Waals surface area contributed by atoms with Crippen LogP contribution in [0.1, 0.15) is 23.6 Å². The Morgan fingerprint density at radius 2 is 2.26 bits per heavy atom. The molecule has 19 heavy (non-hydrogen) atoms. The standard InChI is InChI=1S/C14H17ClFN3/c1-17-14(6-3-10-8-18-19(2)9-10)11-4-5-13(16)12(15)7-11/h4-5,7-9,14,17H,3,6H2,1-2H3. The van der Waals surface area contributed by atoms with Crippen LogP contribution in [0.5, 0.6) is 0 Å². The maximum atomic E-state index is 13.2. The lowest BCUT2D eigenvalue weighted by Crippen LogP contribution is -2.17. The van der Waals surface area contributed by atoms with Gasteiger partial charge in [0.2, 0.25) is 0 Å². The molecule has 0 saturated carbocycles. The van der Waals surface area contributed by atoms with Crippen molar-refractivity contribution in [3.8, 4) is 0 Å². The molecule has 5 heteroatoms. The van der Waals surface area contributed by atoms with Crippen LogP contribution in [0.2, 0.25) is 5.02 Å². The summed E-state index contributed by atoms with van der Waals surface area (Å²) in [5.41, 5.74) is 2.19. The Morgan fingerprint density at radius 3 is 2.84 bits per heavy atom. The number of nitrogens with zero attached hydrogens (tertiary/aromatic N) is 2. The van der Waals surface area contributed by atoms with Crippen molar-refractivity contribution in [1.82, 2.24) is 15.1 Å². The van der Waals surface area contributed by atoms with Gasteiger partial charge in [0.25, 0.3) is 0 Å². The molecule has 0 saturated heterocycles. The number of benzene rings is 1. The van der Waals surface area contributed by atoms with E-state index >= 15 is 0 Å². The van der Waals surface area contributed by atoms with Crippen LogP contribution >= 0.6 is 11.6 Å². The van der Waals surface area contributed by atoms with Crippen LogP contribution in [-0.2, 0) is 13.5 Å². The van der Waals surface area contributed by atoms with Crippen molar-refractivity contribution in [3.05, 3.63) is 52.6 Å². The average Bonchev–Trinajstić information content (AvgIpc) is 2.80. The molecule has 1 atom stereocenters. The monoisotopic (exact) mass is 281 g/mol. The Bertz CT molecular complexity index is 553. The van der Waals surface area contributed by atoms with E-state index in [4.69, 9.17) is 11.6 Å². The van der Waals surface area contributed by atoms with Gasteiger partial charge in [-0.05, 0) is 43.1 Å². The van der Waals surface area contributed by atoms with E-state index in [1.165, 1.54) is 11.6 Å². The molecule has 0 radical (unpaired) electrons. The largest absolute Gasteiger partial charge is 0.313 e. The molecule has 1 N–H and O–H groups in total. The zero-order valence-corrected chi connectivity index (χ0v) is 11.8. The smallest absolute Gasteiger partial charge is 0.141 e. The van der Waals surface area contributed by atoms with Crippen molar-refractivity contribution in [2.24, 2.45) is 7.05 Å². The number of halogens is 2. The lowest BCUT2D eigenvalue weighted by atomic mass is 10.0. The summed E-state index contributed by atoms with van der Waals surface area (Å²) in [4.78, 5) is 0. The van der Waals surface area contributed by atoms with E-state index < -0.39 is 0 Å². The highest BCUT2D eigenvalue weighted by Gasteiger charge is 2.12. The quantitative estimate of drug-likeness (QED) is 0.913. The van der Waals surface area contributed by atoms with Gasteiger partial charge in [0.1, 0.15) is 5.82 Å². The first-order valence-corrected chi connectivity index (χ1v) is 6.57. The second kappa shape index (κ2) is 6.17. The van der Waals surface area contributed by atoms with Gasteiger partial charge in [0.15, 0.2) is 0 Å². The van der Waals surface area contributed by atoms with Gasteiger partial charge >= 0.3 is 0 Å². The van der Waals surface area contributed by atoms with E-state index in [0.717, 1.165) is 18.4 Å². The highest BCUT2D eigenvalue weighted by molar-refractivity contribution is 6.30. The second-order valence-corrected chi connectivity index (χ2v) is 4.98. The Hall–Kier alpha value is -1.39. The van der Waals surface area contributed by atoms with Crippen LogP contribution in [0, 0.1) is 5.82 Å². The Balaban J connectivity index is 2.05. The molecule has 0 amide bonds. The highest BCUT2D eigenvalue weighted by Crippen LogP contribution is 2.23. The predicted molar refractivity (Wildman–Crippen MR) is 74.7 cm³/mol. The second-order valence-electron chi connectivity index (χ2n) is 4.58. The third kappa shape index (κ3) is 3.55. The Kier molecular flexibility index (Phi) is 4.56. The summed E-state index contributed by atoms with van der Waals surface area (Å²) in [6.45, 7) is 0. The minimum absolute atomic E-state index is 0.151. The van der Waals surface area contributed by atoms with E-state index in [1.54, 1.807) is 16.8 Å². The summed E-state index contributed by atoms with van der Waals surface area (Å²) in [5.74, 6) is -0.382. The average molecular weight is 282 g/mol. The molecule has 1 aromatic heterocycles. The molecule has 1 unspecified atom stereocenters. The van der Waals surface area contributed by atoms with Crippen LogP contribution < -0.4 is 5.32 Å². The van der Waals surface area contributed by atoms with Crippen molar-refractivity contribution >= 4 is 11.6 Å². The molecular weight excluding hydrogens is 265 g/mol. The molecule has 0 bridgehead atoms. The summed E-state index contributed by atoms with van der Waals surface area (Å²) in [7, 11) is 3.80. The molecule has 0 aliphatic carbocycles. The van der Waals surface area contributed by atoms with Gasteiger partial charge in [-0.25, -0.2) is 4.39 Å². The number of hydrogen-bond donors (Lipinski definition) is 1. The number of rotatable bonds is 5. The molecular formula is C14H17ClFN3. The molecule has 0 aliphatic heterocycles. The van der Waals surface area contributed by atoms with Gasteiger partial charge in [-0.1, -0.05) is 17.7 Å². The van der Waals surface area contributed by atoms with E-state index in [2.05, 4.69) is 10.4 Å². The van der Waals surface area contributed by atoms with Crippen LogP contribution in [0.25, 0.3) is 0 Å². The van der Waals surface area contributed by atoms with Gasteiger partial charge in [-0.15, -0.1) is 0 Å². The molecule has 0 aliphatic rings. The lowest BCUT2D eigenvalue weighted by molar-refractivity contribution is 0.546. The summed E-state index contributed by atoms with van der Waals surface area (Å²) in [5, 5.41) is 7.54. The normalized spacial score (nSPS) is 12.6. The van der Waals surface area contributed by atoms with E-state index in [9.17, 15) is 4.39 Å². The maximum absolute atomic E-state index is 13.2. The minimum Gasteiger partial charge on any atom is -0.313 e. The van der Waals surface area contributed by atoms with Crippen molar-refractivity contribution < 1.29 is 4.39 Å². The predicted octanol–water partition coefficient (Wildman–Crippen LogP) is 3.11. The number of aromatic nitrogens is 2. The first-order chi connectivity index (χ1) is 9.10. The van der Waals surface area contributed by atoms with Crippen molar-refractivity contribution in [2.45, 2.75) is 18.9 Å². The van der Waals surface area contributed by atoms with Crippen molar-refractivity contribution in [1.29, 1.82) is 0 Å². The van der Waals surface area contributed by atoms with Gasteiger partial charge in [0.05, 0.1) is 11.2 Å².